The van der Waals surface area contributed by atoms with Crippen molar-refractivity contribution in [3.05, 3.63) is 54.0 Å². The van der Waals surface area contributed by atoms with Crippen molar-refractivity contribution in [2.45, 2.75) is 12.8 Å². The Kier molecular flexibility index (Phi) is 5.55. The molecule has 2 aliphatic heterocycles. The maximum atomic E-state index is 12.4. The topological polar surface area (TPSA) is 126 Å². The maximum absolute atomic E-state index is 12.4. The second kappa shape index (κ2) is 9.03. The summed E-state index contributed by atoms with van der Waals surface area (Å²) in [4.78, 5) is 39.4. The van der Waals surface area contributed by atoms with E-state index in [4.69, 9.17) is 5.11 Å². The van der Waals surface area contributed by atoms with Crippen LogP contribution >= 0.6 is 0 Å². The lowest BCUT2D eigenvalue weighted by molar-refractivity contribution is -0.115. The number of aromatic nitrogens is 2. The molecule has 0 unspecified atom stereocenters. The van der Waals surface area contributed by atoms with Crippen molar-refractivity contribution in [2.75, 3.05) is 37.6 Å². The highest BCUT2D eigenvalue weighted by molar-refractivity contribution is 6.14. The first kappa shape index (κ1) is 22.1. The first-order chi connectivity index (χ1) is 17.5. The van der Waals surface area contributed by atoms with Gasteiger partial charge in [0.25, 0.3) is 5.91 Å². The number of nitrogens with one attached hydrogen (secondary N) is 3. The van der Waals surface area contributed by atoms with Crippen LogP contribution in [0, 0.1) is 5.92 Å². The lowest BCUT2D eigenvalue weighted by atomic mass is 10.0. The number of H-pyrrole nitrogens is 1. The average Bonchev–Trinajstić information content (AvgIpc) is 3.56. The van der Waals surface area contributed by atoms with Gasteiger partial charge < -0.3 is 25.2 Å². The quantitative estimate of drug-likeness (QED) is 0.412. The zero-order valence-corrected chi connectivity index (χ0v) is 19.7. The molecule has 3 aromatic rings. The molecule has 6 rings (SSSR count). The first-order valence-electron chi connectivity index (χ1n) is 12.2. The maximum Gasteiger partial charge on any atom is 0.407 e. The van der Waals surface area contributed by atoms with E-state index in [1.54, 1.807) is 6.08 Å². The van der Waals surface area contributed by atoms with Crippen molar-refractivity contribution in [3.8, 4) is 11.1 Å². The number of carbonyl (C=O) groups is 2. The van der Waals surface area contributed by atoms with Gasteiger partial charge in [0.05, 0.1) is 0 Å². The van der Waals surface area contributed by atoms with Gasteiger partial charge in [-0.1, -0.05) is 12.1 Å². The van der Waals surface area contributed by atoms with E-state index in [1.165, 1.54) is 17.7 Å². The molecule has 0 radical (unpaired) electrons. The summed E-state index contributed by atoms with van der Waals surface area (Å²) in [6.07, 6.45) is 7.05. The molecule has 0 bridgehead atoms. The third-order valence-electron chi connectivity index (χ3n) is 6.92. The fraction of sp³-hybridized carbons (Fsp3) is 0.308. The molecule has 1 aromatic carbocycles. The van der Waals surface area contributed by atoms with Gasteiger partial charge in [-0.05, 0) is 48.6 Å². The summed E-state index contributed by atoms with van der Waals surface area (Å²) in [5, 5.41) is 16.1. The summed E-state index contributed by atoms with van der Waals surface area (Å²) < 4.78 is 0. The highest BCUT2D eigenvalue weighted by Gasteiger charge is 2.25. The standard InChI is InChI=1S/C26H27N7O3/c34-24-22(30-25(31-24)29-13-16-1-2-16)12-19-15-28-23-21(19)11-18(14-27-23)17-3-5-20(6-4-17)32-7-9-33(10-8-32)26(35)36/h3-6,11-12,14-16H,1-2,7-10,13H2,(H,27,28)(H,35,36)(H2,29,30,31,34). The molecule has 10 nitrogen and oxygen atoms in total. The molecule has 4 heterocycles. The van der Waals surface area contributed by atoms with Gasteiger partial charge in [-0.25, -0.2) is 14.8 Å². The zero-order chi connectivity index (χ0) is 24.6. The minimum absolute atomic E-state index is 0.216. The Morgan fingerprint density at radius 2 is 1.92 bits per heavy atom. The second-order valence-electron chi connectivity index (χ2n) is 9.44. The molecule has 36 heavy (non-hydrogen) atoms. The number of aromatic amines is 1. The summed E-state index contributed by atoms with van der Waals surface area (Å²) in [6, 6.07) is 10.3. The van der Waals surface area contributed by atoms with Gasteiger partial charge in [0, 0.05) is 67.3 Å². The van der Waals surface area contributed by atoms with Crippen LogP contribution in [0.15, 0.2) is 53.4 Å². The second-order valence-corrected chi connectivity index (χ2v) is 9.44. The van der Waals surface area contributed by atoms with E-state index in [0.717, 1.165) is 40.0 Å². The Hall–Kier alpha value is -4.34. The Morgan fingerprint density at radius 3 is 2.64 bits per heavy atom. The minimum Gasteiger partial charge on any atom is -0.465 e. The number of rotatable bonds is 5. The number of nitrogens with zero attached hydrogens (tertiary/aromatic N) is 4. The predicted octanol–water partition coefficient (Wildman–Crippen LogP) is 2.86. The van der Waals surface area contributed by atoms with E-state index >= 15 is 0 Å². The molecule has 2 fully saturated rings. The highest BCUT2D eigenvalue weighted by atomic mass is 16.4. The molecule has 0 atom stereocenters. The summed E-state index contributed by atoms with van der Waals surface area (Å²) in [5.41, 5.74) is 5.03. The Bertz CT molecular complexity index is 1380. The van der Waals surface area contributed by atoms with Crippen LogP contribution in [0.2, 0.25) is 0 Å². The van der Waals surface area contributed by atoms with Crippen LogP contribution in [0.3, 0.4) is 0 Å². The molecule has 0 spiro atoms. The van der Waals surface area contributed by atoms with Crippen molar-refractivity contribution in [3.63, 3.8) is 0 Å². The van der Waals surface area contributed by atoms with Gasteiger partial charge in [-0.15, -0.1) is 0 Å². The zero-order valence-electron chi connectivity index (χ0n) is 19.7. The number of fused-ring (bicyclic) bond motifs is 1. The van der Waals surface area contributed by atoms with Crippen molar-refractivity contribution in [2.24, 2.45) is 10.9 Å². The Balaban J connectivity index is 1.20. The van der Waals surface area contributed by atoms with Crippen LogP contribution in [0.25, 0.3) is 28.2 Å². The highest BCUT2D eigenvalue weighted by Crippen LogP contribution is 2.29. The SMILES string of the molecule is O=C1NC(NCC2CC2)=NC1=Cc1c[nH]c2ncc(-c3ccc(N4CCN(C(=O)O)CC4)cc3)cc12. The fourth-order valence-corrected chi connectivity index (χ4v) is 4.58. The van der Waals surface area contributed by atoms with Gasteiger partial charge in [0.15, 0.2) is 0 Å². The van der Waals surface area contributed by atoms with Crippen molar-refractivity contribution in [1.29, 1.82) is 0 Å². The molecule has 2 aromatic heterocycles. The van der Waals surface area contributed by atoms with E-state index in [9.17, 15) is 9.59 Å². The third-order valence-corrected chi connectivity index (χ3v) is 6.92. The number of anilines is 1. The van der Waals surface area contributed by atoms with Crippen molar-refractivity contribution in [1.82, 2.24) is 25.5 Å². The van der Waals surface area contributed by atoms with Gasteiger partial charge >= 0.3 is 6.09 Å². The lowest BCUT2D eigenvalue weighted by Gasteiger charge is -2.34. The molecule has 1 saturated carbocycles. The minimum atomic E-state index is -0.862. The lowest BCUT2D eigenvalue weighted by Crippen LogP contribution is -2.48. The number of hydrogen-bond acceptors (Lipinski definition) is 6. The number of carbonyl (C=O) groups excluding carboxylic acids is 1. The van der Waals surface area contributed by atoms with Crippen LogP contribution < -0.4 is 15.5 Å². The number of aliphatic imine (C=N–C) groups is 1. The van der Waals surface area contributed by atoms with E-state index in [2.05, 4.69) is 60.8 Å². The first-order valence-corrected chi connectivity index (χ1v) is 12.2. The number of pyridine rings is 1. The monoisotopic (exact) mass is 485 g/mol. The molecule has 10 heteroatoms. The summed E-state index contributed by atoms with van der Waals surface area (Å²) in [5.74, 6) is 0.986. The fourth-order valence-electron chi connectivity index (χ4n) is 4.58. The number of amides is 2. The van der Waals surface area contributed by atoms with E-state index in [1.807, 2.05) is 12.4 Å². The molecular formula is C26H27N7O3. The summed E-state index contributed by atoms with van der Waals surface area (Å²) >= 11 is 0. The largest absolute Gasteiger partial charge is 0.465 e. The van der Waals surface area contributed by atoms with Crippen LogP contribution in [0.5, 0.6) is 0 Å². The number of piperazine rings is 1. The smallest absolute Gasteiger partial charge is 0.407 e. The summed E-state index contributed by atoms with van der Waals surface area (Å²) in [7, 11) is 0. The molecule has 184 valence electrons. The van der Waals surface area contributed by atoms with Crippen LogP contribution in [-0.2, 0) is 4.79 Å². The van der Waals surface area contributed by atoms with Gasteiger partial charge in [-0.2, -0.15) is 0 Å². The molecular weight excluding hydrogens is 458 g/mol. The van der Waals surface area contributed by atoms with Crippen molar-refractivity contribution < 1.29 is 14.7 Å². The average molecular weight is 486 g/mol. The van der Waals surface area contributed by atoms with Gasteiger partial charge in [0.2, 0.25) is 5.96 Å². The van der Waals surface area contributed by atoms with E-state index in [0.29, 0.717) is 43.8 Å². The number of benzene rings is 1. The van der Waals surface area contributed by atoms with Crippen LogP contribution in [-0.4, -0.2) is 70.7 Å². The number of hydrogen-bond donors (Lipinski definition) is 4. The Labute approximate surface area is 207 Å². The Morgan fingerprint density at radius 1 is 1.14 bits per heavy atom. The van der Waals surface area contributed by atoms with Crippen LogP contribution in [0.1, 0.15) is 18.4 Å². The van der Waals surface area contributed by atoms with Crippen LogP contribution in [0.4, 0.5) is 10.5 Å². The third kappa shape index (κ3) is 4.49. The molecule has 3 aliphatic rings. The van der Waals surface area contributed by atoms with Gasteiger partial charge in [0.1, 0.15) is 11.3 Å². The van der Waals surface area contributed by atoms with E-state index in [-0.39, 0.29) is 5.91 Å². The molecule has 1 aliphatic carbocycles. The van der Waals surface area contributed by atoms with Crippen molar-refractivity contribution >= 4 is 40.8 Å². The normalized spacial score (nSPS) is 19.1. The predicted molar refractivity (Wildman–Crippen MR) is 138 cm³/mol. The number of carboxylic acid groups (broad SMARTS) is 1. The molecule has 4 N–H and O–H groups in total. The number of guanidine groups is 1. The summed E-state index contributed by atoms with van der Waals surface area (Å²) in [6.45, 7) is 3.19. The van der Waals surface area contributed by atoms with Gasteiger partial charge in [-0.3, -0.25) is 10.1 Å². The molecule has 2 amide bonds. The van der Waals surface area contributed by atoms with E-state index < -0.39 is 6.09 Å². The molecule has 1 saturated heterocycles.